The highest BCUT2D eigenvalue weighted by atomic mass is 14.9. The first-order valence-electron chi connectivity index (χ1n) is 6.47. The fourth-order valence-electron chi connectivity index (χ4n) is 2.73. The number of piperidine rings is 1. The third-order valence-corrected chi connectivity index (χ3v) is 3.65. The Hall–Kier alpha value is -1.35. The van der Waals surface area contributed by atoms with Gasteiger partial charge in [-0.15, -0.1) is 0 Å². The van der Waals surface area contributed by atoms with E-state index in [1.54, 1.807) is 0 Å². The molecule has 2 heterocycles. The summed E-state index contributed by atoms with van der Waals surface area (Å²) in [4.78, 5) is 7.75. The van der Waals surface area contributed by atoms with Crippen LogP contribution in [0.5, 0.6) is 0 Å². The molecule has 1 aliphatic rings. The maximum atomic E-state index is 4.44. The average Bonchev–Trinajstić information content (AvgIpc) is 2.70. The Morgan fingerprint density at radius 2 is 2.12 bits per heavy atom. The molecule has 0 saturated carbocycles. The largest absolute Gasteiger partial charge is 0.342 e. The summed E-state index contributed by atoms with van der Waals surface area (Å²) in [6, 6.07) is 6.62. The molecule has 1 aromatic carbocycles. The second kappa shape index (κ2) is 4.49. The molecule has 1 saturated heterocycles. The molecule has 3 heteroatoms. The van der Waals surface area contributed by atoms with Crippen molar-refractivity contribution in [1.29, 1.82) is 0 Å². The highest BCUT2D eigenvalue weighted by molar-refractivity contribution is 5.75. The van der Waals surface area contributed by atoms with Crippen molar-refractivity contribution < 1.29 is 0 Å². The number of H-pyrrole nitrogens is 1. The first-order valence-corrected chi connectivity index (χ1v) is 6.47. The number of hydrogen-bond acceptors (Lipinski definition) is 2. The monoisotopic (exact) mass is 229 g/mol. The Bertz CT molecular complexity index is 509. The van der Waals surface area contributed by atoms with Crippen LogP contribution in [0.2, 0.25) is 0 Å². The zero-order valence-corrected chi connectivity index (χ0v) is 10.3. The van der Waals surface area contributed by atoms with Gasteiger partial charge < -0.3 is 10.3 Å². The van der Waals surface area contributed by atoms with Crippen LogP contribution in [-0.2, 0) is 6.42 Å². The van der Waals surface area contributed by atoms with Crippen LogP contribution in [0, 0.1) is 12.8 Å². The van der Waals surface area contributed by atoms with E-state index in [0.29, 0.717) is 0 Å². The molecule has 90 valence electrons. The number of fused-ring (bicyclic) bond motifs is 1. The van der Waals surface area contributed by atoms with E-state index in [4.69, 9.17) is 0 Å². The SMILES string of the molecule is Cc1nc2ccc(CC3CCNCC3)cc2[nH]1. The number of nitrogens with one attached hydrogen (secondary N) is 2. The van der Waals surface area contributed by atoms with Crippen molar-refractivity contribution in [3.63, 3.8) is 0 Å². The smallest absolute Gasteiger partial charge is 0.104 e. The normalized spacial score (nSPS) is 17.7. The molecule has 3 rings (SSSR count). The van der Waals surface area contributed by atoms with Gasteiger partial charge in [0.15, 0.2) is 0 Å². The van der Waals surface area contributed by atoms with Crippen LogP contribution in [0.15, 0.2) is 18.2 Å². The van der Waals surface area contributed by atoms with Crippen molar-refractivity contribution in [2.24, 2.45) is 5.92 Å². The minimum Gasteiger partial charge on any atom is -0.342 e. The predicted molar refractivity (Wildman–Crippen MR) is 70.1 cm³/mol. The summed E-state index contributed by atoms with van der Waals surface area (Å²) in [5, 5.41) is 3.42. The molecule has 0 amide bonds. The van der Waals surface area contributed by atoms with Crippen LogP contribution in [0.4, 0.5) is 0 Å². The van der Waals surface area contributed by atoms with Crippen LogP contribution in [0.3, 0.4) is 0 Å². The minimum atomic E-state index is 0.845. The first kappa shape index (κ1) is 10.8. The van der Waals surface area contributed by atoms with E-state index in [9.17, 15) is 0 Å². The van der Waals surface area contributed by atoms with Crippen molar-refractivity contribution >= 4 is 11.0 Å². The molecule has 0 atom stereocenters. The van der Waals surface area contributed by atoms with Crippen molar-refractivity contribution in [2.45, 2.75) is 26.2 Å². The first-order chi connectivity index (χ1) is 8.31. The standard InChI is InChI=1S/C14H19N3/c1-10-16-13-3-2-12(9-14(13)17-10)8-11-4-6-15-7-5-11/h2-3,9,11,15H,4-8H2,1H3,(H,16,17). The molecular weight excluding hydrogens is 210 g/mol. The van der Waals surface area contributed by atoms with Gasteiger partial charge in [0.1, 0.15) is 5.82 Å². The molecule has 1 aromatic heterocycles. The van der Waals surface area contributed by atoms with Crippen LogP contribution in [-0.4, -0.2) is 23.1 Å². The van der Waals surface area contributed by atoms with Crippen LogP contribution in [0.1, 0.15) is 24.2 Å². The lowest BCUT2D eigenvalue weighted by Crippen LogP contribution is -2.28. The Morgan fingerprint density at radius 3 is 2.94 bits per heavy atom. The van der Waals surface area contributed by atoms with Gasteiger partial charge in [-0.2, -0.15) is 0 Å². The van der Waals surface area contributed by atoms with Gasteiger partial charge in [-0.25, -0.2) is 4.98 Å². The van der Waals surface area contributed by atoms with Gasteiger partial charge in [-0.05, 0) is 62.9 Å². The molecule has 0 radical (unpaired) electrons. The maximum Gasteiger partial charge on any atom is 0.104 e. The van der Waals surface area contributed by atoms with Crippen LogP contribution >= 0.6 is 0 Å². The lowest BCUT2D eigenvalue weighted by Gasteiger charge is -2.22. The van der Waals surface area contributed by atoms with Gasteiger partial charge in [0.05, 0.1) is 11.0 Å². The number of hydrogen-bond donors (Lipinski definition) is 2. The number of rotatable bonds is 2. The number of aryl methyl sites for hydroxylation is 1. The quantitative estimate of drug-likeness (QED) is 0.830. The summed E-state index contributed by atoms with van der Waals surface area (Å²) < 4.78 is 0. The molecule has 17 heavy (non-hydrogen) atoms. The van der Waals surface area contributed by atoms with Crippen molar-refractivity contribution in [1.82, 2.24) is 15.3 Å². The number of benzene rings is 1. The van der Waals surface area contributed by atoms with Gasteiger partial charge in [-0.1, -0.05) is 6.07 Å². The molecular formula is C14H19N3. The summed E-state index contributed by atoms with van der Waals surface area (Å²) in [5.41, 5.74) is 3.69. The Morgan fingerprint density at radius 1 is 1.29 bits per heavy atom. The molecule has 2 N–H and O–H groups in total. The number of aromatic amines is 1. The number of nitrogens with zero attached hydrogens (tertiary/aromatic N) is 1. The molecule has 0 bridgehead atoms. The molecule has 1 fully saturated rings. The fourth-order valence-corrected chi connectivity index (χ4v) is 2.73. The number of aromatic nitrogens is 2. The van der Waals surface area contributed by atoms with Gasteiger partial charge in [0.2, 0.25) is 0 Å². The Balaban J connectivity index is 1.79. The molecule has 1 aliphatic heterocycles. The van der Waals surface area contributed by atoms with Gasteiger partial charge in [-0.3, -0.25) is 0 Å². The van der Waals surface area contributed by atoms with E-state index in [1.165, 1.54) is 43.4 Å². The Kier molecular flexibility index (Phi) is 2.85. The van der Waals surface area contributed by atoms with Crippen LogP contribution < -0.4 is 5.32 Å². The summed E-state index contributed by atoms with van der Waals surface area (Å²) >= 11 is 0. The van der Waals surface area contributed by atoms with Crippen molar-refractivity contribution in [3.05, 3.63) is 29.6 Å². The average molecular weight is 229 g/mol. The van der Waals surface area contributed by atoms with E-state index in [0.717, 1.165) is 17.3 Å². The zero-order chi connectivity index (χ0) is 11.7. The van der Waals surface area contributed by atoms with E-state index >= 15 is 0 Å². The third kappa shape index (κ3) is 2.34. The van der Waals surface area contributed by atoms with Crippen molar-refractivity contribution in [3.8, 4) is 0 Å². The highest BCUT2D eigenvalue weighted by Gasteiger charge is 2.13. The van der Waals surface area contributed by atoms with E-state index in [1.807, 2.05) is 6.92 Å². The second-order valence-corrected chi connectivity index (χ2v) is 5.07. The zero-order valence-electron chi connectivity index (χ0n) is 10.3. The molecule has 0 spiro atoms. The van der Waals surface area contributed by atoms with Gasteiger partial charge in [0, 0.05) is 0 Å². The maximum absolute atomic E-state index is 4.44. The summed E-state index contributed by atoms with van der Waals surface area (Å²) in [6.07, 6.45) is 3.82. The third-order valence-electron chi connectivity index (χ3n) is 3.65. The molecule has 0 unspecified atom stereocenters. The topological polar surface area (TPSA) is 40.7 Å². The van der Waals surface area contributed by atoms with Gasteiger partial charge in [0.25, 0.3) is 0 Å². The summed E-state index contributed by atoms with van der Waals surface area (Å²) in [5.74, 6) is 1.84. The van der Waals surface area contributed by atoms with E-state index in [2.05, 4.69) is 33.5 Å². The molecule has 3 nitrogen and oxygen atoms in total. The number of imidazole rings is 1. The summed E-state index contributed by atoms with van der Waals surface area (Å²) in [6.45, 7) is 4.36. The molecule has 0 aliphatic carbocycles. The predicted octanol–water partition coefficient (Wildman–Crippen LogP) is 2.41. The lowest BCUT2D eigenvalue weighted by molar-refractivity contribution is 0.373. The Labute approximate surface area is 102 Å². The summed E-state index contributed by atoms with van der Waals surface area (Å²) in [7, 11) is 0. The fraction of sp³-hybridized carbons (Fsp3) is 0.500. The van der Waals surface area contributed by atoms with E-state index < -0.39 is 0 Å². The van der Waals surface area contributed by atoms with Crippen molar-refractivity contribution in [2.75, 3.05) is 13.1 Å². The van der Waals surface area contributed by atoms with Gasteiger partial charge >= 0.3 is 0 Å². The minimum absolute atomic E-state index is 0.845. The second-order valence-electron chi connectivity index (χ2n) is 5.07. The van der Waals surface area contributed by atoms with Crippen LogP contribution in [0.25, 0.3) is 11.0 Å². The highest BCUT2D eigenvalue weighted by Crippen LogP contribution is 2.20. The van der Waals surface area contributed by atoms with E-state index in [-0.39, 0.29) is 0 Å². The lowest BCUT2D eigenvalue weighted by atomic mass is 9.91. The molecule has 2 aromatic rings.